The van der Waals surface area contributed by atoms with Crippen molar-refractivity contribution in [3.05, 3.63) is 0 Å². The molecule has 2 radical (unpaired) electrons. The van der Waals surface area contributed by atoms with E-state index in [1.807, 2.05) is 0 Å². The van der Waals surface area contributed by atoms with Crippen molar-refractivity contribution < 1.29 is 14.3 Å². The number of aliphatic hydroxyl groups is 1. The van der Waals surface area contributed by atoms with Crippen LogP contribution in [-0.4, -0.2) is 48.2 Å². The van der Waals surface area contributed by atoms with Crippen LogP contribution in [0.5, 0.6) is 0 Å². The molecule has 0 spiro atoms. The first-order valence-electron chi connectivity index (χ1n) is 15.9. The van der Waals surface area contributed by atoms with Crippen LogP contribution in [0.4, 0.5) is 0 Å². The Kier molecular flexibility index (Phi) is 24.3. The van der Waals surface area contributed by atoms with Crippen molar-refractivity contribution in [1.29, 1.82) is 2.51 Å². The summed E-state index contributed by atoms with van der Waals surface area (Å²) in [6.07, 6.45) is 24.6. The molecule has 2 N–H and O–H groups in total. The molecular formula is C28H59BNO3PSi. The fraction of sp³-hybridized carbons (Fsp3) is 0.964. The molecule has 0 bridgehead atoms. The van der Waals surface area contributed by atoms with Crippen LogP contribution in [0.1, 0.15) is 155 Å². The molecule has 0 rings (SSSR count). The second kappa shape index (κ2) is 27.1. The van der Waals surface area contributed by atoms with Gasteiger partial charge < -0.3 is 14.8 Å². The van der Waals surface area contributed by atoms with Gasteiger partial charge in [-0.2, -0.15) is 0 Å². The third-order valence-electron chi connectivity index (χ3n) is 6.76. The van der Waals surface area contributed by atoms with Gasteiger partial charge in [0.2, 0.25) is 5.91 Å². The monoisotopic (exact) mass is 530 g/mol. The van der Waals surface area contributed by atoms with E-state index in [-0.39, 0.29) is 18.6 Å². The fourth-order valence-electron chi connectivity index (χ4n) is 4.57. The Balaban J connectivity index is 4.16. The van der Waals surface area contributed by atoms with Crippen molar-refractivity contribution in [1.82, 2.24) is 5.32 Å². The normalized spacial score (nSPS) is 16.1. The van der Waals surface area contributed by atoms with Gasteiger partial charge in [0.15, 0.2) is 0 Å². The minimum Gasteiger partial charge on any atom is -0.423 e. The van der Waals surface area contributed by atoms with Gasteiger partial charge in [0, 0.05) is 7.66 Å². The standard InChI is InChI=1S/C28H59BNO3PSi/c1-3-5-7-9-11-13-14-15-17-19-21-23-28(32)30-26(25-33-35(29)34)24-27(31)22-20-18-16-12-10-8-6-4-2/h26-27,31,35H,3-25,34H2,1-2H3,(H,30,32)/t26-,27?,35?/m1/s1/i34T,35D/t26-,27?,34?,35?. The summed E-state index contributed by atoms with van der Waals surface area (Å²) in [6.45, 7) is 4.59. The van der Waals surface area contributed by atoms with E-state index in [0.29, 0.717) is 19.3 Å². The molecule has 0 aliphatic heterocycles. The molecule has 0 aromatic carbocycles. The van der Waals surface area contributed by atoms with Crippen molar-refractivity contribution in [3.63, 3.8) is 0 Å². The van der Waals surface area contributed by atoms with Gasteiger partial charge in [-0.25, -0.2) is 0 Å². The average molecular weight is 531 g/mol. The first-order valence-corrected chi connectivity index (χ1v) is 17.9. The van der Waals surface area contributed by atoms with Gasteiger partial charge >= 0.3 is 0 Å². The Labute approximate surface area is 226 Å². The molecule has 206 valence electrons. The van der Waals surface area contributed by atoms with Crippen molar-refractivity contribution >= 4 is 30.6 Å². The summed E-state index contributed by atoms with van der Waals surface area (Å²) in [7, 11) is 2.07. The summed E-state index contributed by atoms with van der Waals surface area (Å²) in [5.74, 6) is -0.0219. The Morgan fingerprint density at radius 3 is 1.86 bits per heavy atom. The molecule has 0 heterocycles. The average Bonchev–Trinajstić information content (AvgIpc) is 2.87. The van der Waals surface area contributed by atoms with E-state index < -0.39 is 23.3 Å². The highest BCUT2D eigenvalue weighted by atomic mass is 31.3. The highest BCUT2D eigenvalue weighted by Gasteiger charge is 2.17. The Bertz CT molecular complexity index is 524. The molecule has 0 saturated carbocycles. The van der Waals surface area contributed by atoms with Crippen LogP contribution < -0.4 is 5.32 Å². The lowest BCUT2D eigenvalue weighted by atomic mass is 10.0. The van der Waals surface area contributed by atoms with Gasteiger partial charge in [0.05, 0.1) is 27.5 Å². The Morgan fingerprint density at radius 1 is 0.914 bits per heavy atom. The molecule has 0 aromatic heterocycles. The van der Waals surface area contributed by atoms with E-state index in [0.717, 1.165) is 25.7 Å². The van der Waals surface area contributed by atoms with Gasteiger partial charge in [-0.3, -0.25) is 4.79 Å². The molecule has 1 amide bonds. The fourth-order valence-corrected chi connectivity index (χ4v) is 5.20. The minimum absolute atomic E-state index is 0.0219. The first-order chi connectivity index (χ1) is 17.8. The van der Waals surface area contributed by atoms with E-state index in [2.05, 4.69) is 19.2 Å². The number of nitrogens with one attached hydrogen (secondary N) is 1. The zero-order chi connectivity index (χ0) is 27.6. The van der Waals surface area contributed by atoms with Crippen LogP contribution in [0.2, 0.25) is 0 Å². The van der Waals surface area contributed by atoms with Crippen LogP contribution in [0.15, 0.2) is 0 Å². The predicted molar refractivity (Wildman–Crippen MR) is 159 cm³/mol. The molecule has 0 aromatic rings. The Morgan fingerprint density at radius 2 is 1.37 bits per heavy atom. The zero-order valence-electron chi connectivity index (χ0n) is 25.3. The van der Waals surface area contributed by atoms with E-state index in [4.69, 9.17) is 14.4 Å². The third-order valence-corrected chi connectivity index (χ3v) is 7.67. The summed E-state index contributed by atoms with van der Waals surface area (Å²) < 4.78 is 20.9. The number of unbranched alkanes of at least 4 members (excludes halogenated alkanes) is 17. The van der Waals surface area contributed by atoms with Gasteiger partial charge in [-0.15, -0.1) is 8.73 Å². The molecule has 7 heteroatoms. The number of hydrogen-bond donors (Lipinski definition) is 2. The number of carbonyl (C=O) groups is 1. The molecule has 4 atom stereocenters. The first kappa shape index (κ1) is 31.3. The highest BCUT2D eigenvalue weighted by molar-refractivity contribution is 7.70. The maximum Gasteiger partial charge on any atom is 0.220 e. The summed E-state index contributed by atoms with van der Waals surface area (Å²) in [5, 5.41) is 13.6. The van der Waals surface area contributed by atoms with Crippen molar-refractivity contribution in [2.45, 2.75) is 167 Å². The molecular weight excluding hydrogens is 468 g/mol. The van der Waals surface area contributed by atoms with Gasteiger partial charge in [0.25, 0.3) is 0 Å². The largest absolute Gasteiger partial charge is 0.423 e. The molecule has 35 heavy (non-hydrogen) atoms. The maximum absolute atomic E-state index is 12.5. The van der Waals surface area contributed by atoms with Gasteiger partial charge in [-0.05, 0) is 19.3 Å². The predicted octanol–water partition coefficient (Wildman–Crippen LogP) is 7.23. The zero-order valence-corrected chi connectivity index (χ0v) is 25.3. The number of aliphatic hydroxyl groups excluding tert-OH is 1. The van der Waals surface area contributed by atoms with Crippen molar-refractivity contribution in [3.8, 4) is 0 Å². The van der Waals surface area contributed by atoms with Crippen LogP contribution in [0.25, 0.3) is 0 Å². The molecule has 3 unspecified atom stereocenters. The number of carbonyl (C=O) groups excluding carboxylic acids is 1. The van der Waals surface area contributed by atoms with E-state index in [1.165, 1.54) is 96.3 Å². The third kappa shape index (κ3) is 27.0. The molecule has 0 aliphatic rings. The van der Waals surface area contributed by atoms with Gasteiger partial charge in [-0.1, -0.05) is 129 Å². The smallest absolute Gasteiger partial charge is 0.220 e. The topological polar surface area (TPSA) is 58.6 Å². The summed E-state index contributed by atoms with van der Waals surface area (Å²) in [5.41, 5.74) is 0. The van der Waals surface area contributed by atoms with E-state index >= 15 is 0 Å². The number of amides is 1. The Hall–Kier alpha value is 0.102. The lowest BCUT2D eigenvalue weighted by molar-refractivity contribution is -0.122. The van der Waals surface area contributed by atoms with Crippen LogP contribution in [0.3, 0.4) is 0 Å². The quantitative estimate of drug-likeness (QED) is 0.0637. The second-order valence-electron chi connectivity index (χ2n) is 10.4. The number of rotatable bonds is 28. The molecule has 0 aliphatic carbocycles. The van der Waals surface area contributed by atoms with Crippen molar-refractivity contribution in [2.75, 3.05) is 6.61 Å². The summed E-state index contributed by atoms with van der Waals surface area (Å²) in [6, 6.07) is -0.360. The highest BCUT2D eigenvalue weighted by Crippen LogP contribution is 2.14. The van der Waals surface area contributed by atoms with Crippen LogP contribution in [0, 0.1) is 0 Å². The minimum atomic E-state index is -3.24. The second-order valence-corrected chi connectivity index (χ2v) is 12.9. The van der Waals surface area contributed by atoms with Gasteiger partial charge in [0.1, 0.15) is 8.51 Å². The van der Waals surface area contributed by atoms with Crippen LogP contribution in [-0.2, 0) is 9.22 Å². The lowest BCUT2D eigenvalue weighted by Crippen LogP contribution is -2.41. The molecule has 4 nitrogen and oxygen atoms in total. The summed E-state index contributed by atoms with van der Waals surface area (Å²) in [4.78, 5) is 12.5. The van der Waals surface area contributed by atoms with E-state index in [1.54, 1.807) is 0 Å². The molecule has 0 fully saturated rings. The van der Waals surface area contributed by atoms with Crippen molar-refractivity contribution in [2.24, 2.45) is 0 Å². The molecule has 0 saturated heterocycles. The van der Waals surface area contributed by atoms with E-state index in [9.17, 15) is 9.90 Å². The lowest BCUT2D eigenvalue weighted by Gasteiger charge is -2.23. The SMILES string of the molecule is [2H][Si]([B])(OC[C@@H](CC(O)CCCCCCCCCC)NC(=O)CCCCCCCCCCCCC)P[3H]. The number of hydrogen-bond acceptors (Lipinski definition) is 3. The van der Waals surface area contributed by atoms with Crippen LogP contribution >= 0.6 is 8.73 Å². The maximum atomic E-state index is 12.5. The summed E-state index contributed by atoms with van der Waals surface area (Å²) >= 11 is 0.